The highest BCUT2D eigenvalue weighted by Crippen LogP contribution is 2.51. The molecule has 0 saturated heterocycles. The summed E-state index contributed by atoms with van der Waals surface area (Å²) in [6.07, 6.45) is 0.998. The second-order valence-electron chi connectivity index (χ2n) is 6.01. The zero-order valence-electron chi connectivity index (χ0n) is 11.0. The van der Waals surface area contributed by atoms with Crippen LogP contribution in [-0.2, 0) is 4.79 Å². The van der Waals surface area contributed by atoms with Crippen molar-refractivity contribution in [1.29, 1.82) is 0 Å². The lowest BCUT2D eigenvalue weighted by Crippen LogP contribution is -2.55. The molecule has 1 fully saturated rings. The molecule has 0 spiro atoms. The van der Waals surface area contributed by atoms with Crippen molar-refractivity contribution in [3.8, 4) is 0 Å². The van der Waals surface area contributed by atoms with Gasteiger partial charge < -0.3 is 11.1 Å². The van der Waals surface area contributed by atoms with E-state index in [0.717, 1.165) is 6.42 Å². The molecule has 3 N–H and O–H groups in total. The number of amides is 1. The topological polar surface area (TPSA) is 55.1 Å². The summed E-state index contributed by atoms with van der Waals surface area (Å²) >= 11 is 0. The van der Waals surface area contributed by atoms with Crippen molar-refractivity contribution in [2.24, 2.45) is 23.0 Å². The Bertz CT molecular complexity index is 266. The number of rotatable bonds is 4. The zero-order valence-corrected chi connectivity index (χ0v) is 11.8. The van der Waals surface area contributed by atoms with Gasteiger partial charge in [0.05, 0.1) is 5.54 Å². The van der Waals surface area contributed by atoms with Gasteiger partial charge in [0.15, 0.2) is 0 Å². The monoisotopic (exact) mass is 248 g/mol. The fourth-order valence-corrected chi connectivity index (χ4v) is 1.71. The van der Waals surface area contributed by atoms with E-state index in [-0.39, 0.29) is 35.2 Å². The first-order valence-electron chi connectivity index (χ1n) is 5.75. The van der Waals surface area contributed by atoms with Crippen LogP contribution in [0.25, 0.3) is 0 Å². The van der Waals surface area contributed by atoms with E-state index in [0.29, 0.717) is 12.5 Å². The Kier molecular flexibility index (Phi) is 4.84. The molecule has 96 valence electrons. The fraction of sp³-hybridized carbons (Fsp3) is 0.917. The third-order valence-electron chi connectivity index (χ3n) is 3.94. The van der Waals surface area contributed by atoms with Crippen molar-refractivity contribution >= 4 is 18.3 Å². The smallest absolute Gasteiger partial charge is 0.224 e. The van der Waals surface area contributed by atoms with E-state index < -0.39 is 0 Å². The van der Waals surface area contributed by atoms with Crippen molar-refractivity contribution in [3.05, 3.63) is 0 Å². The Labute approximate surface area is 105 Å². The van der Waals surface area contributed by atoms with E-state index in [4.69, 9.17) is 5.73 Å². The molecule has 1 amide bonds. The van der Waals surface area contributed by atoms with E-state index in [1.54, 1.807) is 0 Å². The Morgan fingerprint density at radius 1 is 1.56 bits per heavy atom. The van der Waals surface area contributed by atoms with Gasteiger partial charge in [-0.3, -0.25) is 4.79 Å². The van der Waals surface area contributed by atoms with E-state index >= 15 is 0 Å². The number of carbonyl (C=O) groups excluding carboxylic acids is 1. The SMILES string of the molecule is CC(C)C(C)(CN)NC(=O)C1CC1(C)C.Cl. The van der Waals surface area contributed by atoms with Crippen molar-refractivity contribution in [2.75, 3.05) is 6.54 Å². The maximum Gasteiger partial charge on any atom is 0.224 e. The second kappa shape index (κ2) is 4.92. The van der Waals surface area contributed by atoms with Crippen LogP contribution in [0.5, 0.6) is 0 Å². The van der Waals surface area contributed by atoms with Crippen LogP contribution in [-0.4, -0.2) is 18.0 Å². The minimum atomic E-state index is -0.268. The minimum absolute atomic E-state index is 0. The predicted molar refractivity (Wildman–Crippen MR) is 69.6 cm³/mol. The molecule has 0 aromatic rings. The molecule has 0 bridgehead atoms. The van der Waals surface area contributed by atoms with Gasteiger partial charge in [-0.2, -0.15) is 0 Å². The standard InChI is InChI=1S/C12H24N2O.ClH/c1-8(2)12(5,7-13)14-10(15)9-6-11(9,3)4;/h8-9H,6-7,13H2,1-5H3,(H,14,15);1H. The van der Waals surface area contributed by atoms with Gasteiger partial charge in [0.1, 0.15) is 0 Å². The third kappa shape index (κ3) is 3.11. The summed E-state index contributed by atoms with van der Waals surface area (Å²) < 4.78 is 0. The van der Waals surface area contributed by atoms with Crippen LogP contribution < -0.4 is 11.1 Å². The highest BCUT2D eigenvalue weighted by atomic mass is 35.5. The molecule has 0 heterocycles. The quantitative estimate of drug-likeness (QED) is 0.799. The number of hydrogen-bond donors (Lipinski definition) is 2. The molecule has 2 unspecified atom stereocenters. The molecule has 0 radical (unpaired) electrons. The van der Waals surface area contributed by atoms with Crippen LogP contribution in [0.4, 0.5) is 0 Å². The van der Waals surface area contributed by atoms with E-state index in [2.05, 4.69) is 33.0 Å². The van der Waals surface area contributed by atoms with Crippen LogP contribution in [0.1, 0.15) is 41.0 Å². The molecular weight excluding hydrogens is 224 g/mol. The number of nitrogens with one attached hydrogen (secondary N) is 1. The molecule has 4 heteroatoms. The fourth-order valence-electron chi connectivity index (χ4n) is 1.71. The van der Waals surface area contributed by atoms with Crippen LogP contribution in [0.15, 0.2) is 0 Å². The summed E-state index contributed by atoms with van der Waals surface area (Å²) in [5.74, 6) is 0.706. The molecule has 1 aliphatic rings. The molecule has 1 aliphatic carbocycles. The Balaban J connectivity index is 0.00000225. The third-order valence-corrected chi connectivity index (χ3v) is 3.94. The highest BCUT2D eigenvalue weighted by molar-refractivity contribution is 5.85. The summed E-state index contributed by atoms with van der Waals surface area (Å²) in [5.41, 5.74) is 5.65. The second-order valence-corrected chi connectivity index (χ2v) is 6.01. The first-order chi connectivity index (χ1) is 6.73. The van der Waals surface area contributed by atoms with Crippen molar-refractivity contribution < 1.29 is 4.79 Å². The minimum Gasteiger partial charge on any atom is -0.349 e. The van der Waals surface area contributed by atoms with Crippen molar-refractivity contribution in [1.82, 2.24) is 5.32 Å². The number of hydrogen-bond acceptors (Lipinski definition) is 2. The van der Waals surface area contributed by atoms with Gasteiger partial charge in [0.25, 0.3) is 0 Å². The van der Waals surface area contributed by atoms with Gasteiger partial charge in [0, 0.05) is 12.5 Å². The maximum atomic E-state index is 11.9. The Morgan fingerprint density at radius 3 is 2.25 bits per heavy atom. The first kappa shape index (κ1) is 15.7. The maximum absolute atomic E-state index is 11.9. The summed E-state index contributed by atoms with van der Waals surface area (Å²) in [6, 6.07) is 0. The molecule has 16 heavy (non-hydrogen) atoms. The zero-order chi connectivity index (χ0) is 11.9. The Hall–Kier alpha value is -0.280. The molecule has 1 saturated carbocycles. The van der Waals surface area contributed by atoms with Crippen LogP contribution in [0.3, 0.4) is 0 Å². The van der Waals surface area contributed by atoms with Gasteiger partial charge in [-0.1, -0.05) is 27.7 Å². The lowest BCUT2D eigenvalue weighted by molar-refractivity contribution is -0.125. The van der Waals surface area contributed by atoms with Crippen LogP contribution in [0.2, 0.25) is 0 Å². The average Bonchev–Trinajstić information content (AvgIpc) is 2.74. The molecule has 2 atom stereocenters. The van der Waals surface area contributed by atoms with Gasteiger partial charge in [-0.05, 0) is 24.7 Å². The summed E-state index contributed by atoms with van der Waals surface area (Å²) in [5, 5.41) is 3.10. The van der Waals surface area contributed by atoms with Gasteiger partial charge in [0.2, 0.25) is 5.91 Å². The van der Waals surface area contributed by atoms with E-state index in [9.17, 15) is 4.79 Å². The average molecular weight is 249 g/mol. The number of halogens is 1. The van der Waals surface area contributed by atoms with Gasteiger partial charge in [-0.15, -0.1) is 12.4 Å². The molecule has 1 rings (SSSR count). The summed E-state index contributed by atoms with van der Waals surface area (Å²) in [4.78, 5) is 11.9. The number of nitrogens with two attached hydrogens (primary N) is 1. The normalized spacial score (nSPS) is 25.6. The highest BCUT2D eigenvalue weighted by Gasteiger charge is 2.51. The van der Waals surface area contributed by atoms with Crippen LogP contribution >= 0.6 is 12.4 Å². The van der Waals surface area contributed by atoms with Crippen molar-refractivity contribution in [2.45, 2.75) is 46.6 Å². The van der Waals surface area contributed by atoms with Crippen molar-refractivity contribution in [3.63, 3.8) is 0 Å². The molecule has 0 aliphatic heterocycles. The van der Waals surface area contributed by atoms with Crippen LogP contribution in [0, 0.1) is 17.3 Å². The predicted octanol–water partition coefficient (Wildman–Crippen LogP) is 1.94. The summed E-state index contributed by atoms with van der Waals surface area (Å²) in [6.45, 7) is 10.9. The first-order valence-corrected chi connectivity index (χ1v) is 5.75. The lowest BCUT2D eigenvalue weighted by atomic mass is 9.88. The summed E-state index contributed by atoms with van der Waals surface area (Å²) in [7, 11) is 0. The van der Waals surface area contributed by atoms with Gasteiger partial charge >= 0.3 is 0 Å². The molecule has 0 aromatic carbocycles. The molecule has 0 aromatic heterocycles. The van der Waals surface area contributed by atoms with Gasteiger partial charge in [-0.25, -0.2) is 0 Å². The molecular formula is C12H25ClN2O. The van der Waals surface area contributed by atoms with E-state index in [1.807, 2.05) is 6.92 Å². The molecule has 3 nitrogen and oxygen atoms in total. The lowest BCUT2D eigenvalue weighted by Gasteiger charge is -2.33. The van der Waals surface area contributed by atoms with E-state index in [1.165, 1.54) is 0 Å². The Morgan fingerprint density at radius 2 is 2.00 bits per heavy atom. The largest absolute Gasteiger partial charge is 0.349 e. The number of carbonyl (C=O) groups is 1.